The molecule has 5 nitrogen and oxygen atoms in total. The van der Waals surface area contributed by atoms with Crippen molar-refractivity contribution < 1.29 is 14.3 Å². The van der Waals surface area contributed by atoms with Gasteiger partial charge in [-0.3, -0.25) is 5.10 Å². The molecule has 0 saturated carbocycles. The van der Waals surface area contributed by atoms with Crippen molar-refractivity contribution in [3.05, 3.63) is 23.0 Å². The highest BCUT2D eigenvalue weighted by atomic mass is 16.5. The van der Waals surface area contributed by atoms with Crippen LogP contribution in [0.25, 0.3) is 5.76 Å². The van der Waals surface area contributed by atoms with Gasteiger partial charge < -0.3 is 9.47 Å². The fourth-order valence-corrected chi connectivity index (χ4v) is 1.97. The molecule has 0 saturated heterocycles. The van der Waals surface area contributed by atoms with Crippen LogP contribution in [0.2, 0.25) is 0 Å². The highest BCUT2D eigenvalue weighted by Gasteiger charge is 2.25. The first kappa shape index (κ1) is 12.7. The van der Waals surface area contributed by atoms with Crippen LogP contribution in [0.4, 0.5) is 0 Å². The van der Waals surface area contributed by atoms with Crippen LogP contribution in [0.1, 0.15) is 48.4 Å². The van der Waals surface area contributed by atoms with Crippen molar-refractivity contribution in [1.29, 1.82) is 0 Å². The SMILES string of the molecule is CCCOC1=CCCc2c1n[nH]c2C(=O)OCC. The number of nitrogens with one attached hydrogen (secondary N) is 1. The number of aromatic nitrogens is 2. The summed E-state index contributed by atoms with van der Waals surface area (Å²) in [5.41, 5.74) is 2.11. The topological polar surface area (TPSA) is 64.2 Å². The quantitative estimate of drug-likeness (QED) is 0.814. The number of nitrogens with zero attached hydrogens (tertiary/aromatic N) is 1. The van der Waals surface area contributed by atoms with Crippen LogP contribution in [0, 0.1) is 0 Å². The smallest absolute Gasteiger partial charge is 0.356 e. The number of aromatic amines is 1. The van der Waals surface area contributed by atoms with Gasteiger partial charge in [-0.1, -0.05) is 6.92 Å². The van der Waals surface area contributed by atoms with E-state index in [0.717, 1.165) is 36.3 Å². The molecule has 0 bridgehead atoms. The number of H-pyrrole nitrogens is 1. The predicted molar refractivity (Wildman–Crippen MR) is 67.1 cm³/mol. The number of ether oxygens (including phenoxy) is 2. The molecule has 18 heavy (non-hydrogen) atoms. The molecule has 0 unspecified atom stereocenters. The van der Waals surface area contributed by atoms with Gasteiger partial charge in [-0.15, -0.1) is 0 Å². The Balaban J connectivity index is 2.22. The molecular formula is C13H18N2O3. The maximum atomic E-state index is 11.7. The second-order valence-corrected chi connectivity index (χ2v) is 4.10. The van der Waals surface area contributed by atoms with Gasteiger partial charge >= 0.3 is 5.97 Å². The molecule has 0 aliphatic heterocycles. The first-order chi connectivity index (χ1) is 8.77. The maximum absolute atomic E-state index is 11.7. The highest BCUT2D eigenvalue weighted by molar-refractivity contribution is 5.90. The zero-order valence-electron chi connectivity index (χ0n) is 10.8. The van der Waals surface area contributed by atoms with E-state index in [1.807, 2.05) is 6.08 Å². The number of hydrogen-bond acceptors (Lipinski definition) is 4. The molecule has 1 aromatic rings. The Morgan fingerprint density at radius 3 is 3.06 bits per heavy atom. The van der Waals surface area contributed by atoms with Crippen LogP contribution in [0.3, 0.4) is 0 Å². The molecule has 2 rings (SSSR count). The molecule has 0 atom stereocenters. The van der Waals surface area contributed by atoms with Gasteiger partial charge in [0.25, 0.3) is 0 Å². The van der Waals surface area contributed by atoms with Crippen molar-refractivity contribution in [2.24, 2.45) is 0 Å². The normalized spacial score (nSPS) is 13.8. The Hall–Kier alpha value is -1.78. The fourth-order valence-electron chi connectivity index (χ4n) is 1.97. The van der Waals surface area contributed by atoms with Gasteiger partial charge in [0.15, 0.2) is 0 Å². The molecule has 98 valence electrons. The number of esters is 1. The third-order valence-electron chi connectivity index (χ3n) is 2.77. The summed E-state index contributed by atoms with van der Waals surface area (Å²) in [6.07, 6.45) is 4.62. The van der Waals surface area contributed by atoms with Crippen molar-refractivity contribution in [3.8, 4) is 0 Å². The molecule has 0 amide bonds. The average molecular weight is 250 g/mol. The van der Waals surface area contributed by atoms with E-state index in [2.05, 4.69) is 17.1 Å². The fraction of sp³-hybridized carbons (Fsp3) is 0.538. The van der Waals surface area contributed by atoms with Gasteiger partial charge in [-0.05, 0) is 32.3 Å². The first-order valence-electron chi connectivity index (χ1n) is 6.35. The minimum absolute atomic E-state index is 0.344. The maximum Gasteiger partial charge on any atom is 0.356 e. The van der Waals surface area contributed by atoms with Gasteiger partial charge in [0.1, 0.15) is 17.1 Å². The zero-order valence-corrected chi connectivity index (χ0v) is 10.8. The average Bonchev–Trinajstić information content (AvgIpc) is 2.81. The lowest BCUT2D eigenvalue weighted by molar-refractivity contribution is 0.0518. The summed E-state index contributed by atoms with van der Waals surface area (Å²) in [6, 6.07) is 0. The van der Waals surface area contributed by atoms with Crippen LogP contribution < -0.4 is 0 Å². The minimum Gasteiger partial charge on any atom is -0.492 e. The van der Waals surface area contributed by atoms with Crippen LogP contribution >= 0.6 is 0 Å². The monoisotopic (exact) mass is 250 g/mol. The second kappa shape index (κ2) is 5.71. The van der Waals surface area contributed by atoms with Crippen molar-refractivity contribution in [2.75, 3.05) is 13.2 Å². The Kier molecular flexibility index (Phi) is 4.02. The van der Waals surface area contributed by atoms with Crippen molar-refractivity contribution in [3.63, 3.8) is 0 Å². The van der Waals surface area contributed by atoms with E-state index in [4.69, 9.17) is 9.47 Å². The summed E-state index contributed by atoms with van der Waals surface area (Å²) < 4.78 is 10.6. The van der Waals surface area contributed by atoms with Gasteiger partial charge in [-0.25, -0.2) is 4.79 Å². The van der Waals surface area contributed by atoms with E-state index >= 15 is 0 Å². The summed E-state index contributed by atoms with van der Waals surface area (Å²) in [4.78, 5) is 11.7. The molecule has 0 fully saturated rings. The molecule has 1 N–H and O–H groups in total. The molecule has 1 aromatic heterocycles. The third kappa shape index (κ3) is 2.39. The Morgan fingerprint density at radius 2 is 2.33 bits per heavy atom. The van der Waals surface area contributed by atoms with Gasteiger partial charge in [0.05, 0.1) is 13.2 Å². The van der Waals surface area contributed by atoms with Crippen LogP contribution in [-0.4, -0.2) is 29.4 Å². The molecule has 0 radical (unpaired) electrons. The molecule has 1 heterocycles. The minimum atomic E-state index is -0.344. The zero-order chi connectivity index (χ0) is 13.0. The van der Waals surface area contributed by atoms with E-state index in [1.54, 1.807) is 6.92 Å². The van der Waals surface area contributed by atoms with E-state index in [0.29, 0.717) is 18.9 Å². The summed E-state index contributed by atoms with van der Waals surface area (Å²) in [5, 5.41) is 6.94. The number of carbonyl (C=O) groups excluding carboxylic acids is 1. The van der Waals surface area contributed by atoms with E-state index in [1.165, 1.54) is 0 Å². The van der Waals surface area contributed by atoms with Crippen molar-refractivity contribution in [1.82, 2.24) is 10.2 Å². The summed E-state index contributed by atoms with van der Waals surface area (Å²) >= 11 is 0. The Labute approximate surface area is 106 Å². The molecule has 1 aliphatic rings. The molecule has 1 aliphatic carbocycles. The molecule has 5 heteroatoms. The standard InChI is InChI=1S/C13H18N2O3/c1-3-8-18-10-7-5-6-9-11(10)14-15-12(9)13(16)17-4-2/h7H,3-6,8H2,1-2H3,(H,14,15). The molecular weight excluding hydrogens is 232 g/mol. The van der Waals surface area contributed by atoms with E-state index in [9.17, 15) is 4.79 Å². The van der Waals surface area contributed by atoms with Crippen LogP contribution in [0.5, 0.6) is 0 Å². The lowest BCUT2D eigenvalue weighted by Gasteiger charge is -2.14. The third-order valence-corrected chi connectivity index (χ3v) is 2.77. The number of allylic oxidation sites excluding steroid dienone is 1. The highest BCUT2D eigenvalue weighted by Crippen LogP contribution is 2.28. The second-order valence-electron chi connectivity index (χ2n) is 4.10. The summed E-state index contributed by atoms with van der Waals surface area (Å²) in [6.45, 7) is 4.86. The summed E-state index contributed by atoms with van der Waals surface area (Å²) in [5.74, 6) is 0.424. The van der Waals surface area contributed by atoms with Crippen molar-refractivity contribution in [2.45, 2.75) is 33.1 Å². The Morgan fingerprint density at radius 1 is 1.50 bits per heavy atom. The Bertz CT molecular complexity index is 463. The lowest BCUT2D eigenvalue weighted by Crippen LogP contribution is -2.10. The van der Waals surface area contributed by atoms with E-state index in [-0.39, 0.29) is 5.97 Å². The van der Waals surface area contributed by atoms with Crippen molar-refractivity contribution >= 4 is 11.7 Å². The number of fused-ring (bicyclic) bond motifs is 1. The molecule has 0 spiro atoms. The van der Waals surface area contributed by atoms with Gasteiger partial charge in [-0.2, -0.15) is 5.10 Å². The van der Waals surface area contributed by atoms with Gasteiger partial charge in [0, 0.05) is 5.56 Å². The number of rotatable bonds is 5. The number of hydrogen-bond donors (Lipinski definition) is 1. The summed E-state index contributed by atoms with van der Waals surface area (Å²) in [7, 11) is 0. The number of carbonyl (C=O) groups is 1. The molecule has 0 aromatic carbocycles. The van der Waals surface area contributed by atoms with E-state index < -0.39 is 0 Å². The lowest BCUT2D eigenvalue weighted by atomic mass is 10.0. The first-order valence-corrected chi connectivity index (χ1v) is 6.35. The van der Waals surface area contributed by atoms with Crippen LogP contribution in [0.15, 0.2) is 6.08 Å². The predicted octanol–water partition coefficient (Wildman–Crippen LogP) is 2.30. The van der Waals surface area contributed by atoms with Gasteiger partial charge in [0.2, 0.25) is 0 Å². The van der Waals surface area contributed by atoms with Crippen LogP contribution in [-0.2, 0) is 15.9 Å². The largest absolute Gasteiger partial charge is 0.492 e.